The predicted molar refractivity (Wildman–Crippen MR) is 87.9 cm³/mol. The number of amides is 1. The lowest BCUT2D eigenvalue weighted by atomic mass is 10.1. The molecule has 0 heterocycles. The molecule has 2 N–H and O–H groups in total. The first kappa shape index (κ1) is 16.8. The number of aliphatic hydroxyl groups excluding tert-OH is 1. The van der Waals surface area contributed by atoms with E-state index in [1.807, 2.05) is 0 Å². The first-order valence-corrected chi connectivity index (χ1v) is 7.28. The lowest BCUT2D eigenvalue weighted by Crippen LogP contribution is -2.25. The van der Waals surface area contributed by atoms with Gasteiger partial charge in [0.1, 0.15) is 0 Å². The van der Waals surface area contributed by atoms with Crippen LogP contribution in [0.3, 0.4) is 0 Å². The SMILES string of the molecule is O=C(N/N=C/c1ccc(Br)c([N+](=O)[O-])c1)C(O)c1ccccc1. The van der Waals surface area contributed by atoms with Gasteiger partial charge in [-0.15, -0.1) is 0 Å². The van der Waals surface area contributed by atoms with Crippen molar-refractivity contribution in [3.8, 4) is 0 Å². The van der Waals surface area contributed by atoms with E-state index in [0.717, 1.165) is 0 Å². The third-order valence-corrected chi connectivity index (χ3v) is 3.59. The molecule has 0 radical (unpaired) electrons. The Hall–Kier alpha value is -2.58. The number of carbonyl (C=O) groups excluding carboxylic acids is 1. The van der Waals surface area contributed by atoms with Crippen molar-refractivity contribution < 1.29 is 14.8 Å². The fourth-order valence-corrected chi connectivity index (χ4v) is 2.16. The maximum absolute atomic E-state index is 11.8. The molecule has 118 valence electrons. The lowest BCUT2D eigenvalue weighted by Gasteiger charge is -2.08. The van der Waals surface area contributed by atoms with Crippen molar-refractivity contribution in [2.45, 2.75) is 6.10 Å². The number of nitrogens with zero attached hydrogens (tertiary/aromatic N) is 2. The summed E-state index contributed by atoms with van der Waals surface area (Å²) in [5, 5.41) is 24.4. The second-order valence-corrected chi connectivity index (χ2v) is 5.37. The number of halogens is 1. The fourth-order valence-electron chi connectivity index (χ4n) is 1.77. The number of nitro benzene ring substituents is 1. The van der Waals surface area contributed by atoms with Gasteiger partial charge in [-0.05, 0) is 27.6 Å². The Kier molecular flexibility index (Phi) is 5.56. The molecule has 2 aromatic carbocycles. The summed E-state index contributed by atoms with van der Waals surface area (Å²) in [5.41, 5.74) is 2.97. The van der Waals surface area contributed by atoms with Gasteiger partial charge in [0.05, 0.1) is 15.6 Å². The molecule has 0 aliphatic carbocycles. The van der Waals surface area contributed by atoms with Crippen molar-refractivity contribution in [1.82, 2.24) is 5.43 Å². The zero-order valence-corrected chi connectivity index (χ0v) is 13.3. The molecular weight excluding hydrogens is 366 g/mol. The van der Waals surface area contributed by atoms with Gasteiger partial charge >= 0.3 is 0 Å². The summed E-state index contributed by atoms with van der Waals surface area (Å²) in [7, 11) is 0. The van der Waals surface area contributed by atoms with Gasteiger partial charge in [-0.2, -0.15) is 5.10 Å². The highest BCUT2D eigenvalue weighted by atomic mass is 79.9. The average molecular weight is 378 g/mol. The monoisotopic (exact) mass is 377 g/mol. The highest BCUT2D eigenvalue weighted by Gasteiger charge is 2.16. The van der Waals surface area contributed by atoms with Crippen LogP contribution in [0.15, 0.2) is 58.1 Å². The molecule has 8 heteroatoms. The van der Waals surface area contributed by atoms with Gasteiger partial charge in [-0.1, -0.05) is 36.4 Å². The molecule has 0 aliphatic rings. The molecule has 0 aromatic heterocycles. The standard InChI is InChI=1S/C15H12BrN3O4/c16-12-7-6-10(8-13(12)19(22)23)9-17-18-15(21)14(20)11-4-2-1-3-5-11/h1-9,14,20H,(H,18,21)/b17-9+. The van der Waals surface area contributed by atoms with Crippen LogP contribution in [0.1, 0.15) is 17.2 Å². The van der Waals surface area contributed by atoms with Crippen molar-refractivity contribution in [2.24, 2.45) is 5.10 Å². The predicted octanol–water partition coefficient (Wildman–Crippen LogP) is 2.54. The van der Waals surface area contributed by atoms with E-state index in [1.165, 1.54) is 18.3 Å². The number of hydrazone groups is 1. The molecule has 2 rings (SSSR count). The average Bonchev–Trinajstić information content (AvgIpc) is 2.56. The fraction of sp³-hybridized carbons (Fsp3) is 0.0667. The van der Waals surface area contributed by atoms with E-state index >= 15 is 0 Å². The lowest BCUT2D eigenvalue weighted by molar-refractivity contribution is -0.385. The first-order valence-electron chi connectivity index (χ1n) is 6.49. The van der Waals surface area contributed by atoms with Crippen LogP contribution in [0.5, 0.6) is 0 Å². The number of nitro groups is 1. The Bertz CT molecular complexity index is 750. The molecule has 23 heavy (non-hydrogen) atoms. The molecule has 2 aromatic rings. The van der Waals surface area contributed by atoms with Crippen molar-refractivity contribution in [1.29, 1.82) is 0 Å². The first-order chi connectivity index (χ1) is 11.0. The number of rotatable bonds is 5. The number of hydrogen-bond acceptors (Lipinski definition) is 5. The van der Waals surface area contributed by atoms with Crippen molar-refractivity contribution in [3.05, 3.63) is 74.2 Å². The second kappa shape index (κ2) is 7.61. The Morgan fingerprint density at radius 2 is 2.00 bits per heavy atom. The third-order valence-electron chi connectivity index (χ3n) is 2.92. The van der Waals surface area contributed by atoms with Gasteiger partial charge in [0, 0.05) is 11.6 Å². The van der Waals surface area contributed by atoms with Crippen molar-refractivity contribution >= 4 is 33.7 Å². The highest BCUT2D eigenvalue weighted by molar-refractivity contribution is 9.10. The van der Waals surface area contributed by atoms with Crippen LogP contribution in [0, 0.1) is 10.1 Å². The Labute approximate surface area is 139 Å². The molecule has 1 atom stereocenters. The van der Waals surface area contributed by atoms with Gasteiger partial charge in [-0.3, -0.25) is 14.9 Å². The minimum absolute atomic E-state index is 0.107. The molecule has 0 saturated heterocycles. The van der Waals surface area contributed by atoms with E-state index in [0.29, 0.717) is 15.6 Å². The molecule has 0 bridgehead atoms. The van der Waals surface area contributed by atoms with Crippen LogP contribution >= 0.6 is 15.9 Å². The molecule has 0 fully saturated rings. The summed E-state index contributed by atoms with van der Waals surface area (Å²) in [6.07, 6.45) is -0.0812. The quantitative estimate of drug-likeness (QED) is 0.474. The summed E-state index contributed by atoms with van der Waals surface area (Å²) < 4.78 is 0.350. The van der Waals surface area contributed by atoms with Crippen molar-refractivity contribution in [3.63, 3.8) is 0 Å². The zero-order chi connectivity index (χ0) is 16.8. The summed E-state index contributed by atoms with van der Waals surface area (Å²) in [6.45, 7) is 0. The molecular formula is C15H12BrN3O4. The van der Waals surface area contributed by atoms with Crippen LogP contribution in [-0.2, 0) is 4.79 Å². The number of hydrogen-bond donors (Lipinski definition) is 2. The van der Waals surface area contributed by atoms with E-state index in [2.05, 4.69) is 26.5 Å². The van der Waals surface area contributed by atoms with Gasteiger partial charge < -0.3 is 5.11 Å². The Morgan fingerprint density at radius 1 is 1.30 bits per heavy atom. The van der Waals surface area contributed by atoms with E-state index < -0.39 is 16.9 Å². The van der Waals surface area contributed by atoms with Crippen LogP contribution in [0.4, 0.5) is 5.69 Å². The molecule has 1 amide bonds. The Balaban J connectivity index is 2.03. The third kappa shape index (κ3) is 4.44. The number of benzene rings is 2. The summed E-state index contributed by atoms with van der Waals surface area (Å²) in [6, 6.07) is 12.8. The van der Waals surface area contributed by atoms with Gasteiger partial charge in [-0.25, -0.2) is 5.43 Å². The topological polar surface area (TPSA) is 105 Å². The van der Waals surface area contributed by atoms with E-state index in [-0.39, 0.29) is 5.69 Å². The highest BCUT2D eigenvalue weighted by Crippen LogP contribution is 2.24. The maximum atomic E-state index is 11.8. The minimum Gasteiger partial charge on any atom is -0.378 e. The van der Waals surface area contributed by atoms with Crippen LogP contribution < -0.4 is 5.43 Å². The Morgan fingerprint density at radius 3 is 2.65 bits per heavy atom. The molecule has 7 nitrogen and oxygen atoms in total. The minimum atomic E-state index is -1.34. The smallest absolute Gasteiger partial charge is 0.284 e. The summed E-state index contributed by atoms with van der Waals surface area (Å²) in [5.74, 6) is -0.695. The number of nitrogens with one attached hydrogen (secondary N) is 1. The molecule has 1 unspecified atom stereocenters. The molecule has 0 spiro atoms. The van der Waals surface area contributed by atoms with Gasteiger partial charge in [0.25, 0.3) is 11.6 Å². The van der Waals surface area contributed by atoms with Crippen LogP contribution in [0.2, 0.25) is 0 Å². The van der Waals surface area contributed by atoms with Gasteiger partial charge in [0.2, 0.25) is 0 Å². The van der Waals surface area contributed by atoms with Gasteiger partial charge in [0.15, 0.2) is 6.10 Å². The normalized spacial score (nSPS) is 12.1. The maximum Gasteiger partial charge on any atom is 0.284 e. The number of carbonyl (C=O) groups is 1. The van der Waals surface area contributed by atoms with Crippen molar-refractivity contribution in [2.75, 3.05) is 0 Å². The molecule has 0 aliphatic heterocycles. The summed E-state index contributed by atoms with van der Waals surface area (Å²) in [4.78, 5) is 22.1. The van der Waals surface area contributed by atoms with Crippen LogP contribution in [0.25, 0.3) is 0 Å². The van der Waals surface area contributed by atoms with E-state index in [9.17, 15) is 20.0 Å². The number of aliphatic hydroxyl groups is 1. The molecule has 0 saturated carbocycles. The zero-order valence-electron chi connectivity index (χ0n) is 11.7. The summed E-state index contributed by atoms with van der Waals surface area (Å²) >= 11 is 3.08. The van der Waals surface area contributed by atoms with Crippen LogP contribution in [-0.4, -0.2) is 22.2 Å². The van der Waals surface area contributed by atoms with E-state index in [4.69, 9.17) is 0 Å². The largest absolute Gasteiger partial charge is 0.378 e. The van der Waals surface area contributed by atoms with E-state index in [1.54, 1.807) is 36.4 Å². The second-order valence-electron chi connectivity index (χ2n) is 4.52.